The fourth-order valence-electron chi connectivity index (χ4n) is 4.85. The predicted molar refractivity (Wildman–Crippen MR) is 137 cm³/mol. The van der Waals surface area contributed by atoms with Gasteiger partial charge in [-0.3, -0.25) is 4.79 Å². The molecule has 6 nitrogen and oxygen atoms in total. The van der Waals surface area contributed by atoms with E-state index in [1.165, 1.54) is 5.56 Å². The van der Waals surface area contributed by atoms with Crippen molar-refractivity contribution in [1.29, 1.82) is 0 Å². The molecule has 0 fully saturated rings. The van der Waals surface area contributed by atoms with Crippen molar-refractivity contribution in [3.05, 3.63) is 77.4 Å². The molecule has 4 rings (SSSR count). The van der Waals surface area contributed by atoms with Crippen LogP contribution in [0.25, 0.3) is 0 Å². The molecule has 0 aromatic heterocycles. The number of aliphatic hydroxyl groups is 1. The zero-order valence-electron chi connectivity index (χ0n) is 20.6. The van der Waals surface area contributed by atoms with E-state index in [1.807, 2.05) is 42.5 Å². The first-order valence-electron chi connectivity index (χ1n) is 12.9. The van der Waals surface area contributed by atoms with Crippen molar-refractivity contribution in [1.82, 2.24) is 10.6 Å². The van der Waals surface area contributed by atoms with Crippen molar-refractivity contribution >= 4 is 5.91 Å². The lowest BCUT2D eigenvalue weighted by Gasteiger charge is -2.26. The van der Waals surface area contributed by atoms with E-state index in [2.05, 4.69) is 35.8 Å². The van der Waals surface area contributed by atoms with Crippen LogP contribution in [0.3, 0.4) is 0 Å². The molecule has 0 unspecified atom stereocenters. The molecule has 0 saturated heterocycles. The number of carbonyl (C=O) groups is 1. The van der Waals surface area contributed by atoms with E-state index < -0.39 is 6.10 Å². The fourth-order valence-corrected chi connectivity index (χ4v) is 4.85. The lowest BCUT2D eigenvalue weighted by molar-refractivity contribution is -0.122. The van der Waals surface area contributed by atoms with E-state index in [1.54, 1.807) is 0 Å². The number of β-amino-alcohol motifs (C(OH)–C–C–N with tert-alkyl or cyclic N) is 1. The highest BCUT2D eigenvalue weighted by Gasteiger charge is 2.33. The van der Waals surface area contributed by atoms with Gasteiger partial charge < -0.3 is 25.2 Å². The van der Waals surface area contributed by atoms with Gasteiger partial charge in [-0.25, -0.2) is 0 Å². The molecule has 3 N–H and O–H groups in total. The zero-order valence-corrected chi connectivity index (χ0v) is 20.6. The van der Waals surface area contributed by atoms with Gasteiger partial charge in [0.05, 0.1) is 31.5 Å². The number of hydrogen-bond donors (Lipinski definition) is 3. The van der Waals surface area contributed by atoms with E-state index in [9.17, 15) is 9.90 Å². The van der Waals surface area contributed by atoms with Crippen LogP contribution in [0.4, 0.5) is 0 Å². The molecule has 0 spiro atoms. The van der Waals surface area contributed by atoms with Gasteiger partial charge in [0.25, 0.3) is 0 Å². The van der Waals surface area contributed by atoms with Crippen LogP contribution in [0.2, 0.25) is 0 Å². The van der Waals surface area contributed by atoms with Crippen LogP contribution in [0.1, 0.15) is 67.9 Å². The SMILES string of the molecule is CCCOc1ccc2c(c1)[C@@H]1C[C@H]2OC/C=C\CCCC(=O)N[C@@H](Cc2ccccc2)[C@H](O)CN1. The molecule has 188 valence electrons. The second kappa shape index (κ2) is 12.9. The van der Waals surface area contributed by atoms with E-state index in [4.69, 9.17) is 9.47 Å². The number of ether oxygens (including phenoxy) is 2. The second-order valence-electron chi connectivity index (χ2n) is 9.45. The number of aliphatic hydroxyl groups excluding tert-OH is 1. The molecule has 2 aromatic carbocycles. The van der Waals surface area contributed by atoms with Crippen molar-refractivity contribution < 1.29 is 19.4 Å². The molecule has 4 atom stereocenters. The Morgan fingerprint density at radius 1 is 1.11 bits per heavy atom. The first-order valence-corrected chi connectivity index (χ1v) is 12.9. The van der Waals surface area contributed by atoms with E-state index >= 15 is 0 Å². The number of amides is 1. The molecule has 0 radical (unpaired) electrons. The summed E-state index contributed by atoms with van der Waals surface area (Å²) in [7, 11) is 0. The van der Waals surface area contributed by atoms with Crippen molar-refractivity contribution in [3.8, 4) is 5.75 Å². The van der Waals surface area contributed by atoms with Gasteiger partial charge in [-0.1, -0.05) is 55.5 Å². The number of carbonyl (C=O) groups excluding carboxylic acids is 1. The summed E-state index contributed by atoms with van der Waals surface area (Å²) < 4.78 is 12.1. The normalized spacial score (nSPS) is 26.5. The molecule has 2 bridgehead atoms. The minimum atomic E-state index is -0.727. The lowest BCUT2D eigenvalue weighted by atomic mass is 10.00. The second-order valence-corrected chi connectivity index (χ2v) is 9.45. The Hall–Kier alpha value is -2.67. The number of hydrogen-bond acceptors (Lipinski definition) is 5. The molecule has 1 heterocycles. The molecule has 1 aliphatic heterocycles. The predicted octanol–water partition coefficient (Wildman–Crippen LogP) is 4.40. The topological polar surface area (TPSA) is 79.8 Å². The Morgan fingerprint density at radius 2 is 1.97 bits per heavy atom. The Balaban J connectivity index is 1.53. The molecule has 1 aliphatic carbocycles. The van der Waals surface area contributed by atoms with Crippen LogP contribution in [-0.2, 0) is 16.0 Å². The highest BCUT2D eigenvalue weighted by molar-refractivity contribution is 5.76. The third-order valence-electron chi connectivity index (χ3n) is 6.72. The smallest absolute Gasteiger partial charge is 0.220 e. The van der Waals surface area contributed by atoms with Crippen molar-refractivity contribution in [2.75, 3.05) is 19.8 Å². The molecule has 2 aromatic rings. The first-order chi connectivity index (χ1) is 17.1. The third-order valence-corrected chi connectivity index (χ3v) is 6.72. The summed E-state index contributed by atoms with van der Waals surface area (Å²) in [4.78, 5) is 12.6. The molecule has 1 amide bonds. The van der Waals surface area contributed by atoms with Gasteiger partial charge in [-0.2, -0.15) is 0 Å². The van der Waals surface area contributed by atoms with Gasteiger partial charge in [0.2, 0.25) is 5.91 Å². The van der Waals surface area contributed by atoms with Crippen LogP contribution in [0.15, 0.2) is 60.7 Å². The quantitative estimate of drug-likeness (QED) is 0.555. The summed E-state index contributed by atoms with van der Waals surface area (Å²) in [5.74, 6) is 0.837. The molecule has 35 heavy (non-hydrogen) atoms. The number of allylic oxidation sites excluding steroid dienone is 1. The molecular formula is C29H38N2O4. The van der Waals surface area contributed by atoms with Crippen molar-refractivity contribution in [2.45, 2.75) is 69.7 Å². The summed E-state index contributed by atoms with van der Waals surface area (Å²) in [6.45, 7) is 3.69. The summed E-state index contributed by atoms with van der Waals surface area (Å²) in [5, 5.41) is 17.8. The fraction of sp³-hybridized carbons (Fsp3) is 0.483. The maximum Gasteiger partial charge on any atom is 0.220 e. The number of fused-ring (bicyclic) bond motifs is 5. The van der Waals surface area contributed by atoms with Gasteiger partial charge in [-0.15, -0.1) is 0 Å². The minimum Gasteiger partial charge on any atom is -0.494 e. The number of nitrogens with one attached hydrogen (secondary N) is 2. The van der Waals surface area contributed by atoms with Crippen LogP contribution in [0, 0.1) is 0 Å². The number of rotatable bonds is 5. The van der Waals surface area contributed by atoms with E-state index in [0.29, 0.717) is 32.6 Å². The van der Waals surface area contributed by atoms with Gasteiger partial charge in [0.15, 0.2) is 0 Å². The maximum atomic E-state index is 12.6. The van der Waals surface area contributed by atoms with Crippen LogP contribution < -0.4 is 15.4 Å². The molecular weight excluding hydrogens is 440 g/mol. The van der Waals surface area contributed by atoms with Crippen molar-refractivity contribution in [2.24, 2.45) is 0 Å². The maximum absolute atomic E-state index is 12.6. The summed E-state index contributed by atoms with van der Waals surface area (Å²) in [6.07, 6.45) is 7.77. The summed E-state index contributed by atoms with van der Waals surface area (Å²) in [6, 6.07) is 15.9. The average molecular weight is 479 g/mol. The largest absolute Gasteiger partial charge is 0.494 e. The van der Waals surface area contributed by atoms with Gasteiger partial charge in [0, 0.05) is 19.0 Å². The third kappa shape index (κ3) is 7.17. The monoisotopic (exact) mass is 478 g/mol. The first kappa shape index (κ1) is 25.4. The highest BCUT2D eigenvalue weighted by atomic mass is 16.5. The van der Waals surface area contributed by atoms with Gasteiger partial charge >= 0.3 is 0 Å². The number of benzene rings is 2. The molecule has 0 saturated carbocycles. The Kier molecular flexibility index (Phi) is 9.35. The van der Waals surface area contributed by atoms with Crippen LogP contribution in [-0.4, -0.2) is 42.9 Å². The molecule has 2 aliphatic rings. The Bertz CT molecular complexity index is 978. The lowest BCUT2D eigenvalue weighted by Crippen LogP contribution is -2.49. The van der Waals surface area contributed by atoms with Crippen LogP contribution in [0.5, 0.6) is 5.75 Å². The highest BCUT2D eigenvalue weighted by Crippen LogP contribution is 2.42. The Morgan fingerprint density at radius 3 is 2.80 bits per heavy atom. The minimum absolute atomic E-state index is 0.00255. The van der Waals surface area contributed by atoms with E-state index in [-0.39, 0.29) is 24.1 Å². The summed E-state index contributed by atoms with van der Waals surface area (Å²) in [5.41, 5.74) is 3.42. The summed E-state index contributed by atoms with van der Waals surface area (Å²) >= 11 is 0. The van der Waals surface area contributed by atoms with Crippen LogP contribution >= 0.6 is 0 Å². The average Bonchev–Trinajstić information content (AvgIpc) is 3.22. The zero-order chi connectivity index (χ0) is 24.5. The Labute approximate surface area is 208 Å². The van der Waals surface area contributed by atoms with Crippen molar-refractivity contribution in [3.63, 3.8) is 0 Å². The molecule has 6 heteroatoms. The standard InChI is InChI=1S/C29H38N2O4/c1-2-15-34-22-13-14-23-24(18-22)25-19-28(23)35-16-9-4-3-8-12-29(33)31-26(27(32)20-30-25)17-21-10-6-5-7-11-21/h4-7,9-11,13-14,18,25-28,30,32H,2-3,8,12,15-17,19-20H2,1H3,(H,31,33)/b9-4-/t25-,26-,27+,28+/m0/s1. The van der Waals surface area contributed by atoms with Gasteiger partial charge in [0.1, 0.15) is 5.75 Å². The van der Waals surface area contributed by atoms with Gasteiger partial charge in [-0.05, 0) is 60.9 Å². The van der Waals surface area contributed by atoms with E-state index in [0.717, 1.165) is 42.6 Å².